The second kappa shape index (κ2) is 14.0. The van der Waals surface area contributed by atoms with E-state index in [0.717, 1.165) is 29.7 Å². The standard InChI is InChI=1S/C17H32NP.C5H8.Ti/c1-14(2)11-19(12-15(3)4,13-16(5)6)18-17-9-7-8-10-17;1-4-5(2)3;/h7-9,14-16H,10-13H2,1-6H3;4H,1-2H2,3H3;. The molecule has 1 aliphatic carbocycles. The van der Waals surface area contributed by atoms with Crippen LogP contribution in [0.25, 0.3) is 0 Å². The molecule has 1 aliphatic rings. The fourth-order valence-corrected chi connectivity index (χ4v) is 8.63. The van der Waals surface area contributed by atoms with Gasteiger partial charge in [-0.2, -0.15) is 0 Å². The summed E-state index contributed by atoms with van der Waals surface area (Å²) in [5.74, 6) is 2.26. The van der Waals surface area contributed by atoms with E-state index in [4.69, 9.17) is 4.74 Å². The largest absolute Gasteiger partial charge is 0.272 e. The van der Waals surface area contributed by atoms with Crippen LogP contribution in [0.2, 0.25) is 0 Å². The predicted molar refractivity (Wildman–Crippen MR) is 115 cm³/mol. The molecule has 0 heterocycles. The van der Waals surface area contributed by atoms with Crippen molar-refractivity contribution in [3.8, 4) is 0 Å². The van der Waals surface area contributed by atoms with Crippen molar-refractivity contribution in [2.45, 2.75) is 54.9 Å². The van der Waals surface area contributed by atoms with Gasteiger partial charge >= 0.3 is 0 Å². The summed E-state index contributed by atoms with van der Waals surface area (Å²) in [7, 11) is -1.20. The van der Waals surface area contributed by atoms with Crippen LogP contribution in [0.15, 0.2) is 53.5 Å². The molecule has 0 saturated heterocycles. The molecule has 0 unspecified atom stereocenters. The smallest absolute Gasteiger partial charge is 0.0425 e. The Bertz CT molecular complexity index is 477. The average molecular weight is 397 g/mol. The van der Waals surface area contributed by atoms with Crippen LogP contribution in [0.1, 0.15) is 54.9 Å². The minimum absolute atomic E-state index is 0. The topological polar surface area (TPSA) is 12.4 Å². The Labute approximate surface area is 173 Å². The molecule has 25 heavy (non-hydrogen) atoms. The summed E-state index contributed by atoms with van der Waals surface area (Å²) >= 11 is 0. The van der Waals surface area contributed by atoms with E-state index in [2.05, 4.69) is 72.9 Å². The van der Waals surface area contributed by atoms with Crippen LogP contribution in [0.5, 0.6) is 0 Å². The molecule has 0 N–H and O–H groups in total. The zero-order valence-corrected chi connectivity index (χ0v) is 20.1. The van der Waals surface area contributed by atoms with Gasteiger partial charge < -0.3 is 0 Å². The van der Waals surface area contributed by atoms with E-state index in [1.807, 2.05) is 6.92 Å². The summed E-state index contributed by atoms with van der Waals surface area (Å²) in [4.78, 5) is 0. The molecule has 142 valence electrons. The second-order valence-corrected chi connectivity index (χ2v) is 11.8. The van der Waals surface area contributed by atoms with Gasteiger partial charge in [-0.05, 0) is 56.3 Å². The third-order valence-electron chi connectivity index (χ3n) is 3.56. The maximum Gasteiger partial charge on any atom is 0.0425 e. The Hall–Kier alpha value is -0.0957. The molecule has 1 rings (SSSR count). The Morgan fingerprint density at radius 2 is 1.48 bits per heavy atom. The zero-order valence-electron chi connectivity index (χ0n) is 17.7. The number of allylic oxidation sites excluding steroid dienone is 5. The van der Waals surface area contributed by atoms with Gasteiger partial charge in [-0.25, -0.2) is 0 Å². The molecule has 0 aromatic rings. The first-order chi connectivity index (χ1) is 11.1. The third kappa shape index (κ3) is 13.7. The summed E-state index contributed by atoms with van der Waals surface area (Å²) in [5.41, 5.74) is 2.35. The molecule has 0 saturated carbocycles. The first-order valence-electron chi connectivity index (χ1n) is 9.33. The molecule has 0 bridgehead atoms. The van der Waals surface area contributed by atoms with Gasteiger partial charge in [0.25, 0.3) is 0 Å². The van der Waals surface area contributed by atoms with E-state index in [-0.39, 0.29) is 21.7 Å². The van der Waals surface area contributed by atoms with Crippen molar-refractivity contribution in [1.82, 2.24) is 0 Å². The van der Waals surface area contributed by atoms with Gasteiger partial charge in [0, 0.05) is 33.8 Å². The number of hydrogen-bond donors (Lipinski definition) is 0. The first kappa shape index (κ1) is 27.1. The van der Waals surface area contributed by atoms with E-state index in [1.165, 1.54) is 24.2 Å². The molecule has 0 aromatic carbocycles. The van der Waals surface area contributed by atoms with Crippen molar-refractivity contribution >= 4 is 7.05 Å². The Morgan fingerprint density at radius 1 is 1.08 bits per heavy atom. The van der Waals surface area contributed by atoms with Gasteiger partial charge in [0.05, 0.1) is 0 Å². The van der Waals surface area contributed by atoms with Gasteiger partial charge in [-0.3, -0.25) is 4.74 Å². The minimum Gasteiger partial charge on any atom is -0.272 e. The molecule has 1 nitrogen and oxygen atoms in total. The number of nitrogens with zero attached hydrogens (tertiary/aromatic N) is 1. The monoisotopic (exact) mass is 397 g/mol. The van der Waals surface area contributed by atoms with E-state index < -0.39 is 7.05 Å². The summed E-state index contributed by atoms with van der Waals surface area (Å²) in [6.45, 7) is 23.0. The van der Waals surface area contributed by atoms with Gasteiger partial charge in [0.2, 0.25) is 0 Å². The summed E-state index contributed by atoms with van der Waals surface area (Å²) in [5, 5.41) is 0. The van der Waals surface area contributed by atoms with Crippen molar-refractivity contribution in [1.29, 1.82) is 0 Å². The zero-order chi connectivity index (χ0) is 18.8. The second-order valence-electron chi connectivity index (χ2n) is 8.27. The molecule has 0 aromatic heterocycles. The van der Waals surface area contributed by atoms with E-state index in [0.29, 0.717) is 0 Å². The van der Waals surface area contributed by atoms with Gasteiger partial charge in [0.15, 0.2) is 0 Å². The molecule has 0 amide bonds. The summed E-state index contributed by atoms with van der Waals surface area (Å²) < 4.78 is 5.34. The quantitative estimate of drug-likeness (QED) is 0.226. The minimum atomic E-state index is -1.20. The van der Waals surface area contributed by atoms with Crippen LogP contribution in [0, 0.1) is 17.8 Å². The van der Waals surface area contributed by atoms with Crippen LogP contribution < -0.4 is 0 Å². The van der Waals surface area contributed by atoms with Gasteiger partial charge in [-0.1, -0.05) is 78.5 Å². The van der Waals surface area contributed by atoms with Crippen LogP contribution in [-0.4, -0.2) is 18.5 Å². The summed E-state index contributed by atoms with van der Waals surface area (Å²) in [6.07, 6.45) is 13.3. The Kier molecular flexibility index (Phi) is 15.2. The summed E-state index contributed by atoms with van der Waals surface area (Å²) in [6, 6.07) is 0. The van der Waals surface area contributed by atoms with Gasteiger partial charge in [-0.15, -0.1) is 0 Å². The molecule has 0 aliphatic heterocycles. The molecular weight excluding hydrogens is 357 g/mol. The van der Waals surface area contributed by atoms with E-state index >= 15 is 0 Å². The van der Waals surface area contributed by atoms with Crippen LogP contribution >= 0.6 is 7.05 Å². The molecule has 0 fully saturated rings. The van der Waals surface area contributed by atoms with Crippen LogP contribution in [0.4, 0.5) is 0 Å². The van der Waals surface area contributed by atoms with Crippen molar-refractivity contribution in [3.05, 3.63) is 48.7 Å². The average Bonchev–Trinajstić information content (AvgIpc) is 2.88. The van der Waals surface area contributed by atoms with Crippen molar-refractivity contribution in [2.24, 2.45) is 22.5 Å². The fourth-order valence-electron chi connectivity index (χ4n) is 3.17. The van der Waals surface area contributed by atoms with Crippen LogP contribution in [-0.2, 0) is 21.7 Å². The SMILES string of the molecule is C=CC(=C)C.CC(C)CP(CC(C)C)(CC(C)C)=NC1=CC=CC1.[Ti]. The maximum absolute atomic E-state index is 5.34. The van der Waals surface area contributed by atoms with Crippen molar-refractivity contribution in [2.75, 3.05) is 18.5 Å². The van der Waals surface area contributed by atoms with Crippen molar-refractivity contribution < 1.29 is 21.7 Å². The number of rotatable bonds is 8. The molecule has 3 heteroatoms. The third-order valence-corrected chi connectivity index (χ3v) is 8.47. The molecule has 0 spiro atoms. The predicted octanol–water partition coefficient (Wildman–Crippen LogP) is 7.75. The first-order valence-corrected chi connectivity index (χ1v) is 11.6. The Morgan fingerprint density at radius 3 is 1.72 bits per heavy atom. The van der Waals surface area contributed by atoms with E-state index in [9.17, 15) is 0 Å². The van der Waals surface area contributed by atoms with E-state index in [1.54, 1.807) is 6.08 Å². The molecule has 0 atom stereocenters. The fraction of sp³-hybridized carbons (Fsp3) is 0.636. The Balaban J connectivity index is 0. The molecule has 0 radical (unpaired) electrons. The maximum atomic E-state index is 5.34. The number of hydrogen-bond acceptors (Lipinski definition) is 1. The normalized spacial score (nSPS) is 13.3. The van der Waals surface area contributed by atoms with Crippen molar-refractivity contribution in [3.63, 3.8) is 0 Å². The van der Waals surface area contributed by atoms with Crippen LogP contribution in [0.3, 0.4) is 0 Å². The molecular formula is C22H40NPTi. The van der Waals surface area contributed by atoms with Gasteiger partial charge in [0.1, 0.15) is 0 Å².